The smallest absolute Gasteiger partial charge is 0.319 e. The molecule has 10 heteroatoms. The first-order valence-electron chi connectivity index (χ1n) is 10.7. The highest BCUT2D eigenvalue weighted by Crippen LogP contribution is 2.29. The van der Waals surface area contributed by atoms with Crippen LogP contribution in [0.15, 0.2) is 65.8 Å². The summed E-state index contributed by atoms with van der Waals surface area (Å²) in [6, 6.07) is 17.3. The number of anilines is 1. The molecule has 0 aliphatic carbocycles. The molecule has 1 aromatic heterocycles. The number of carbonyl (C=O) groups excluding carboxylic acids is 1. The topological polar surface area (TPSA) is 71.8 Å². The van der Waals surface area contributed by atoms with Gasteiger partial charge in [0.05, 0.1) is 17.3 Å². The quantitative estimate of drug-likeness (QED) is 0.254. The Morgan fingerprint density at radius 1 is 1.03 bits per heavy atom. The number of aryl methyl sites for hydroxylation is 2. The van der Waals surface area contributed by atoms with Crippen molar-refractivity contribution in [3.63, 3.8) is 0 Å². The SMILES string of the molecule is Cc1ccccc1CSc1nnc(CNC(=O)Nc2ccc(F)c(Cl)c2)n1-c1cc(Cl)ccc1C. The first kappa shape index (κ1) is 25.0. The monoisotopic (exact) mass is 529 g/mol. The van der Waals surface area contributed by atoms with Gasteiger partial charge in [0.2, 0.25) is 0 Å². The van der Waals surface area contributed by atoms with Gasteiger partial charge in [-0.25, -0.2) is 9.18 Å². The van der Waals surface area contributed by atoms with Crippen molar-refractivity contribution in [3.8, 4) is 5.69 Å². The van der Waals surface area contributed by atoms with Gasteiger partial charge >= 0.3 is 6.03 Å². The maximum absolute atomic E-state index is 13.4. The fraction of sp³-hybridized carbons (Fsp3) is 0.160. The number of halogens is 3. The van der Waals surface area contributed by atoms with Gasteiger partial charge in [0.15, 0.2) is 11.0 Å². The van der Waals surface area contributed by atoms with Crippen LogP contribution < -0.4 is 10.6 Å². The number of urea groups is 1. The van der Waals surface area contributed by atoms with Crippen molar-refractivity contribution in [2.24, 2.45) is 0 Å². The normalized spacial score (nSPS) is 10.9. The second-order valence-corrected chi connectivity index (χ2v) is 9.60. The van der Waals surface area contributed by atoms with Gasteiger partial charge in [-0.15, -0.1) is 10.2 Å². The Kier molecular flexibility index (Phi) is 7.95. The zero-order valence-corrected chi connectivity index (χ0v) is 21.3. The number of carbonyl (C=O) groups is 1. The Bertz CT molecular complexity index is 1380. The lowest BCUT2D eigenvalue weighted by atomic mass is 10.1. The lowest BCUT2D eigenvalue weighted by Crippen LogP contribution is -2.29. The van der Waals surface area contributed by atoms with Crippen molar-refractivity contribution in [2.45, 2.75) is 31.3 Å². The van der Waals surface area contributed by atoms with Gasteiger partial charge in [-0.1, -0.05) is 65.3 Å². The number of thioether (sulfide) groups is 1. The average molecular weight is 530 g/mol. The van der Waals surface area contributed by atoms with Crippen molar-refractivity contribution in [3.05, 3.63) is 99.0 Å². The maximum atomic E-state index is 13.4. The van der Waals surface area contributed by atoms with Gasteiger partial charge < -0.3 is 10.6 Å². The van der Waals surface area contributed by atoms with Gasteiger partial charge in [0.25, 0.3) is 0 Å². The highest BCUT2D eigenvalue weighted by atomic mass is 35.5. The highest BCUT2D eigenvalue weighted by molar-refractivity contribution is 7.98. The Morgan fingerprint density at radius 3 is 2.60 bits per heavy atom. The van der Waals surface area contributed by atoms with E-state index in [2.05, 4.69) is 39.9 Å². The number of aromatic nitrogens is 3. The van der Waals surface area contributed by atoms with E-state index in [0.29, 0.717) is 27.4 Å². The van der Waals surface area contributed by atoms with Crippen molar-refractivity contribution in [1.82, 2.24) is 20.1 Å². The molecule has 0 spiro atoms. The molecule has 0 unspecified atom stereocenters. The van der Waals surface area contributed by atoms with Crippen LogP contribution in [0.4, 0.5) is 14.9 Å². The Morgan fingerprint density at radius 2 is 1.83 bits per heavy atom. The summed E-state index contributed by atoms with van der Waals surface area (Å²) < 4.78 is 15.3. The fourth-order valence-corrected chi connectivity index (χ4v) is 4.78. The average Bonchev–Trinajstić information content (AvgIpc) is 3.23. The zero-order valence-electron chi connectivity index (χ0n) is 19.0. The molecule has 4 rings (SSSR count). The molecule has 2 amide bonds. The molecule has 3 aromatic carbocycles. The first-order chi connectivity index (χ1) is 16.8. The fourth-order valence-electron chi connectivity index (χ4n) is 3.40. The van der Waals surface area contributed by atoms with Crippen LogP contribution in [0.2, 0.25) is 10.0 Å². The van der Waals surface area contributed by atoms with Gasteiger partial charge in [-0.2, -0.15) is 0 Å². The molecule has 0 aliphatic heterocycles. The summed E-state index contributed by atoms with van der Waals surface area (Å²) in [7, 11) is 0. The van der Waals surface area contributed by atoms with Crippen LogP contribution in [0.5, 0.6) is 0 Å². The van der Waals surface area contributed by atoms with E-state index in [1.54, 1.807) is 11.8 Å². The summed E-state index contributed by atoms with van der Waals surface area (Å²) in [5, 5.41) is 15.3. The molecular weight excluding hydrogens is 508 g/mol. The van der Waals surface area contributed by atoms with Crippen molar-refractivity contribution < 1.29 is 9.18 Å². The van der Waals surface area contributed by atoms with E-state index in [1.807, 2.05) is 41.8 Å². The minimum absolute atomic E-state index is 0.0747. The lowest BCUT2D eigenvalue weighted by Gasteiger charge is -2.14. The molecule has 4 aromatic rings. The van der Waals surface area contributed by atoms with Crippen LogP contribution in [0.1, 0.15) is 22.5 Å². The summed E-state index contributed by atoms with van der Waals surface area (Å²) in [5.74, 6) is 0.692. The van der Waals surface area contributed by atoms with Gasteiger partial charge in [0.1, 0.15) is 5.82 Å². The van der Waals surface area contributed by atoms with E-state index in [-0.39, 0.29) is 11.6 Å². The highest BCUT2D eigenvalue weighted by Gasteiger charge is 2.18. The molecule has 0 bridgehead atoms. The summed E-state index contributed by atoms with van der Waals surface area (Å²) in [5.41, 5.74) is 4.59. The Balaban J connectivity index is 1.56. The molecule has 0 radical (unpaired) electrons. The molecule has 0 saturated heterocycles. The molecule has 0 fully saturated rings. The molecular formula is C25H22Cl2FN5OS. The number of nitrogens with one attached hydrogen (secondary N) is 2. The number of rotatable bonds is 7. The van der Waals surface area contributed by atoms with Crippen LogP contribution in [0.3, 0.4) is 0 Å². The lowest BCUT2D eigenvalue weighted by molar-refractivity contribution is 0.251. The van der Waals surface area contributed by atoms with Gasteiger partial charge in [0, 0.05) is 16.5 Å². The second-order valence-electron chi connectivity index (χ2n) is 7.82. The number of amides is 2. The third kappa shape index (κ3) is 6.14. The van der Waals surface area contributed by atoms with Crippen molar-refractivity contribution in [2.75, 3.05) is 5.32 Å². The van der Waals surface area contributed by atoms with Crippen LogP contribution in [-0.4, -0.2) is 20.8 Å². The molecule has 1 heterocycles. The summed E-state index contributed by atoms with van der Waals surface area (Å²) in [6.07, 6.45) is 0. The number of hydrogen-bond acceptors (Lipinski definition) is 4. The second kappa shape index (κ2) is 11.1. The van der Waals surface area contributed by atoms with Gasteiger partial charge in [-0.05, 0) is 60.9 Å². The molecule has 6 nitrogen and oxygen atoms in total. The summed E-state index contributed by atoms with van der Waals surface area (Å²) >= 11 is 13.6. The van der Waals surface area contributed by atoms with E-state index in [9.17, 15) is 9.18 Å². The number of benzene rings is 3. The Hall–Kier alpha value is -3.07. The molecule has 0 atom stereocenters. The minimum Gasteiger partial charge on any atom is -0.331 e. The summed E-state index contributed by atoms with van der Waals surface area (Å²) in [6.45, 7) is 4.15. The van der Waals surface area contributed by atoms with E-state index in [0.717, 1.165) is 11.3 Å². The predicted molar refractivity (Wildman–Crippen MR) is 139 cm³/mol. The van der Waals surface area contributed by atoms with E-state index in [1.165, 1.54) is 29.3 Å². The third-order valence-electron chi connectivity index (χ3n) is 5.32. The molecule has 0 aliphatic rings. The zero-order chi connectivity index (χ0) is 24.9. The Labute approximate surface area is 216 Å². The predicted octanol–water partition coefficient (Wildman–Crippen LogP) is 6.94. The standard InChI is InChI=1S/C25H22Cl2FN5OS/c1-15-5-3-4-6-17(15)14-35-25-32-31-23(33(25)22-11-18(26)8-7-16(22)2)13-29-24(34)30-19-9-10-21(28)20(27)12-19/h3-12H,13-14H2,1-2H3,(H2,29,30,34). The van der Waals surface area contributed by atoms with Crippen LogP contribution in [-0.2, 0) is 12.3 Å². The molecule has 35 heavy (non-hydrogen) atoms. The van der Waals surface area contributed by atoms with Crippen LogP contribution >= 0.6 is 35.0 Å². The minimum atomic E-state index is -0.557. The number of nitrogens with zero attached hydrogens (tertiary/aromatic N) is 3. The van der Waals surface area contributed by atoms with E-state index in [4.69, 9.17) is 23.2 Å². The van der Waals surface area contributed by atoms with E-state index >= 15 is 0 Å². The van der Waals surface area contributed by atoms with E-state index < -0.39 is 11.8 Å². The van der Waals surface area contributed by atoms with Crippen LogP contribution in [0.25, 0.3) is 5.69 Å². The first-order valence-corrected chi connectivity index (χ1v) is 12.4. The van der Waals surface area contributed by atoms with Crippen molar-refractivity contribution in [1.29, 1.82) is 0 Å². The number of hydrogen-bond donors (Lipinski definition) is 2. The van der Waals surface area contributed by atoms with Gasteiger partial charge in [-0.3, -0.25) is 4.57 Å². The third-order valence-corrected chi connectivity index (χ3v) is 6.82. The van der Waals surface area contributed by atoms with Crippen molar-refractivity contribution >= 4 is 46.7 Å². The molecule has 180 valence electrons. The summed E-state index contributed by atoms with van der Waals surface area (Å²) in [4.78, 5) is 12.5. The van der Waals surface area contributed by atoms with Crippen LogP contribution in [0, 0.1) is 19.7 Å². The molecule has 0 saturated carbocycles. The largest absolute Gasteiger partial charge is 0.331 e. The maximum Gasteiger partial charge on any atom is 0.319 e. The molecule has 2 N–H and O–H groups in total.